The van der Waals surface area contributed by atoms with Crippen LogP contribution in [0.5, 0.6) is 5.75 Å². The van der Waals surface area contributed by atoms with E-state index in [9.17, 15) is 0 Å². The highest BCUT2D eigenvalue weighted by Gasteiger charge is 2.28. The maximum absolute atomic E-state index is 6.23. The van der Waals surface area contributed by atoms with Gasteiger partial charge in [-0.05, 0) is 68.4 Å². The fourth-order valence-corrected chi connectivity index (χ4v) is 5.43. The van der Waals surface area contributed by atoms with Gasteiger partial charge >= 0.3 is 0 Å². The van der Waals surface area contributed by atoms with Crippen LogP contribution in [-0.2, 0) is 13.0 Å². The Balaban J connectivity index is 1.40. The lowest BCUT2D eigenvalue weighted by Crippen LogP contribution is -2.28. The summed E-state index contributed by atoms with van der Waals surface area (Å²) in [6.45, 7) is 6.15. The van der Waals surface area contributed by atoms with E-state index in [0.29, 0.717) is 24.2 Å². The van der Waals surface area contributed by atoms with Crippen molar-refractivity contribution in [3.8, 4) is 16.9 Å². The SMILES string of the molecule is Cc1cc(-c2cnc3sc(N)nc3c2)cc2c1OCCN(c1nc(N)nc(C)c1CC1CC1)C2. The van der Waals surface area contributed by atoms with Crippen LogP contribution in [0, 0.1) is 19.8 Å². The van der Waals surface area contributed by atoms with Crippen molar-refractivity contribution < 1.29 is 4.74 Å². The van der Waals surface area contributed by atoms with Crippen molar-refractivity contribution in [1.82, 2.24) is 19.9 Å². The minimum absolute atomic E-state index is 0.323. The van der Waals surface area contributed by atoms with Gasteiger partial charge in [0, 0.05) is 35.1 Å². The summed E-state index contributed by atoms with van der Waals surface area (Å²) in [5.41, 5.74) is 19.3. The number of hydrogen-bond acceptors (Lipinski definition) is 9. The number of benzene rings is 1. The average molecular weight is 474 g/mol. The number of rotatable bonds is 4. The molecule has 4 N–H and O–H groups in total. The first-order chi connectivity index (χ1) is 16.4. The number of nitrogen functional groups attached to an aromatic ring is 2. The Morgan fingerprint density at radius 3 is 2.76 bits per heavy atom. The molecule has 3 aromatic heterocycles. The van der Waals surface area contributed by atoms with E-state index >= 15 is 0 Å². The Kier molecular flexibility index (Phi) is 5.02. The van der Waals surface area contributed by atoms with Gasteiger partial charge in [0.2, 0.25) is 5.95 Å². The molecule has 0 spiro atoms. The first-order valence-corrected chi connectivity index (χ1v) is 12.4. The van der Waals surface area contributed by atoms with Crippen LogP contribution in [-0.4, -0.2) is 33.1 Å². The van der Waals surface area contributed by atoms with Gasteiger partial charge in [0.25, 0.3) is 0 Å². The molecule has 6 rings (SSSR count). The summed E-state index contributed by atoms with van der Waals surface area (Å²) in [5.74, 6) is 2.94. The predicted molar refractivity (Wildman–Crippen MR) is 136 cm³/mol. The van der Waals surface area contributed by atoms with Crippen LogP contribution in [0.3, 0.4) is 0 Å². The highest BCUT2D eigenvalue weighted by Crippen LogP contribution is 2.38. The van der Waals surface area contributed by atoms with Gasteiger partial charge in [-0.3, -0.25) is 0 Å². The third-order valence-corrected chi connectivity index (χ3v) is 7.42. The Hall–Kier alpha value is -3.46. The first kappa shape index (κ1) is 21.1. The standard InChI is InChI=1S/C25H27N7OS/c1-13-7-16(17-10-20-23(28-11-17)34-25(27)30-20)9-18-12-32(5-6-33-21(13)18)22-19(8-15-3-4-15)14(2)29-24(26)31-22/h7,9-11,15H,3-6,8,12H2,1-2H3,(H2,27,30)(H2,26,29,31). The summed E-state index contributed by atoms with van der Waals surface area (Å²) in [6.07, 6.45) is 5.45. The van der Waals surface area contributed by atoms with E-state index in [1.807, 2.05) is 19.2 Å². The highest BCUT2D eigenvalue weighted by molar-refractivity contribution is 7.21. The third kappa shape index (κ3) is 3.90. The molecule has 4 aromatic rings. The average Bonchev–Trinajstić information content (AvgIpc) is 3.57. The third-order valence-electron chi connectivity index (χ3n) is 6.62. The molecule has 1 saturated carbocycles. The van der Waals surface area contributed by atoms with Gasteiger partial charge in [-0.25, -0.2) is 15.0 Å². The molecule has 0 bridgehead atoms. The van der Waals surface area contributed by atoms with Crippen LogP contribution in [0.1, 0.15) is 35.2 Å². The van der Waals surface area contributed by atoms with Gasteiger partial charge < -0.3 is 21.1 Å². The van der Waals surface area contributed by atoms with Gasteiger partial charge in [0.05, 0.1) is 6.54 Å². The van der Waals surface area contributed by atoms with Gasteiger partial charge in [-0.1, -0.05) is 11.3 Å². The van der Waals surface area contributed by atoms with Crippen LogP contribution in [0.2, 0.25) is 0 Å². The lowest BCUT2D eigenvalue weighted by atomic mass is 9.99. The maximum atomic E-state index is 6.23. The van der Waals surface area contributed by atoms with Crippen LogP contribution in [0.25, 0.3) is 21.5 Å². The van der Waals surface area contributed by atoms with Crippen molar-refractivity contribution in [2.45, 2.75) is 39.7 Å². The monoisotopic (exact) mass is 473 g/mol. The van der Waals surface area contributed by atoms with Crippen molar-refractivity contribution in [2.24, 2.45) is 5.92 Å². The number of aromatic nitrogens is 4. The second-order valence-electron chi connectivity index (χ2n) is 9.27. The molecular weight excluding hydrogens is 446 g/mol. The quantitative estimate of drug-likeness (QED) is 0.451. The molecule has 4 heterocycles. The van der Waals surface area contributed by atoms with Gasteiger partial charge in [0.1, 0.15) is 28.5 Å². The molecular formula is C25H27N7OS. The number of nitrogens with zero attached hydrogens (tertiary/aromatic N) is 5. The van der Waals surface area contributed by atoms with E-state index in [4.69, 9.17) is 21.2 Å². The number of fused-ring (bicyclic) bond motifs is 2. The largest absolute Gasteiger partial charge is 0.491 e. The molecule has 1 aliphatic carbocycles. The van der Waals surface area contributed by atoms with Gasteiger partial charge in [-0.2, -0.15) is 4.98 Å². The van der Waals surface area contributed by atoms with E-state index in [-0.39, 0.29) is 0 Å². The molecule has 174 valence electrons. The number of nitrogens with two attached hydrogens (primary N) is 2. The number of ether oxygens (including phenoxy) is 1. The van der Waals surface area contributed by atoms with Crippen molar-refractivity contribution >= 4 is 38.6 Å². The molecule has 9 heteroatoms. The molecule has 1 aromatic carbocycles. The van der Waals surface area contributed by atoms with Gasteiger partial charge in [0.15, 0.2) is 5.13 Å². The predicted octanol–water partition coefficient (Wildman–Crippen LogP) is 4.28. The summed E-state index contributed by atoms with van der Waals surface area (Å²) in [7, 11) is 0. The molecule has 0 amide bonds. The number of anilines is 3. The number of pyridine rings is 1. The molecule has 1 aliphatic heterocycles. The lowest BCUT2D eigenvalue weighted by Gasteiger charge is -2.25. The van der Waals surface area contributed by atoms with Crippen molar-refractivity contribution in [2.75, 3.05) is 29.5 Å². The number of aryl methyl sites for hydroxylation is 2. The molecule has 2 aliphatic rings. The minimum atomic E-state index is 0.323. The van der Waals surface area contributed by atoms with E-state index in [1.165, 1.54) is 29.7 Å². The van der Waals surface area contributed by atoms with Crippen molar-refractivity contribution in [1.29, 1.82) is 0 Å². The minimum Gasteiger partial charge on any atom is -0.491 e. The highest BCUT2D eigenvalue weighted by atomic mass is 32.1. The zero-order valence-corrected chi connectivity index (χ0v) is 20.2. The second-order valence-corrected chi connectivity index (χ2v) is 10.3. The van der Waals surface area contributed by atoms with Crippen LogP contribution < -0.4 is 21.1 Å². The van der Waals surface area contributed by atoms with Gasteiger partial charge in [-0.15, -0.1) is 0 Å². The molecule has 1 fully saturated rings. The van der Waals surface area contributed by atoms with E-state index in [1.54, 1.807) is 0 Å². The second kappa shape index (κ2) is 8.09. The normalized spacial score (nSPS) is 15.8. The first-order valence-electron chi connectivity index (χ1n) is 11.6. The van der Waals surface area contributed by atoms with E-state index in [2.05, 4.69) is 38.9 Å². The molecule has 0 unspecified atom stereocenters. The number of thiazole rings is 1. The zero-order chi connectivity index (χ0) is 23.4. The van der Waals surface area contributed by atoms with Crippen LogP contribution in [0.15, 0.2) is 24.4 Å². The molecule has 0 atom stereocenters. The summed E-state index contributed by atoms with van der Waals surface area (Å²) in [5, 5.41) is 0.531. The summed E-state index contributed by atoms with van der Waals surface area (Å²) < 4.78 is 6.23. The molecule has 34 heavy (non-hydrogen) atoms. The Morgan fingerprint density at radius 2 is 1.94 bits per heavy atom. The topological polar surface area (TPSA) is 116 Å². The molecule has 0 radical (unpaired) electrons. The summed E-state index contributed by atoms with van der Waals surface area (Å²) in [6, 6.07) is 6.39. The van der Waals surface area contributed by atoms with E-state index < -0.39 is 0 Å². The zero-order valence-electron chi connectivity index (χ0n) is 19.3. The van der Waals surface area contributed by atoms with E-state index in [0.717, 1.165) is 68.7 Å². The van der Waals surface area contributed by atoms with Crippen molar-refractivity contribution in [3.05, 3.63) is 46.8 Å². The van der Waals surface area contributed by atoms with Crippen molar-refractivity contribution in [3.63, 3.8) is 0 Å². The Morgan fingerprint density at radius 1 is 1.09 bits per heavy atom. The lowest BCUT2D eigenvalue weighted by molar-refractivity contribution is 0.329. The van der Waals surface area contributed by atoms with Crippen LogP contribution in [0.4, 0.5) is 16.9 Å². The molecule has 8 nitrogen and oxygen atoms in total. The Labute approximate surface area is 202 Å². The summed E-state index contributed by atoms with van der Waals surface area (Å²) in [4.78, 5) is 21.3. The number of hydrogen-bond donors (Lipinski definition) is 2. The fourth-order valence-electron chi connectivity index (χ4n) is 4.77. The summed E-state index contributed by atoms with van der Waals surface area (Å²) >= 11 is 1.40. The maximum Gasteiger partial charge on any atom is 0.222 e. The Bertz CT molecular complexity index is 1410. The smallest absolute Gasteiger partial charge is 0.222 e. The fraction of sp³-hybridized carbons (Fsp3) is 0.360. The molecule has 0 saturated heterocycles. The van der Waals surface area contributed by atoms with Crippen LogP contribution >= 0.6 is 11.3 Å².